The molecule has 0 atom stereocenters. The highest BCUT2D eigenvalue weighted by atomic mass is 19.4. The van der Waals surface area contributed by atoms with E-state index in [1.54, 1.807) is 6.92 Å². The third-order valence-corrected chi connectivity index (χ3v) is 2.26. The molecule has 1 aromatic carbocycles. The zero-order chi connectivity index (χ0) is 15.9. The number of nitrogens with zero attached hydrogens (tertiary/aromatic N) is 1. The van der Waals surface area contributed by atoms with Gasteiger partial charge in [0.05, 0.1) is 12.2 Å². The van der Waals surface area contributed by atoms with Crippen LogP contribution in [0.2, 0.25) is 0 Å². The van der Waals surface area contributed by atoms with Crippen molar-refractivity contribution < 1.29 is 22.7 Å². The van der Waals surface area contributed by atoms with Gasteiger partial charge in [-0.15, -0.1) is 6.42 Å². The van der Waals surface area contributed by atoms with E-state index in [0.29, 0.717) is 0 Å². The van der Waals surface area contributed by atoms with Crippen molar-refractivity contribution in [3.63, 3.8) is 0 Å². The molecule has 0 saturated heterocycles. The van der Waals surface area contributed by atoms with Crippen LogP contribution in [0.15, 0.2) is 29.3 Å². The number of anilines is 1. The van der Waals surface area contributed by atoms with Crippen LogP contribution in [0.3, 0.4) is 0 Å². The molecule has 0 amide bonds. The number of halogens is 3. The van der Waals surface area contributed by atoms with Gasteiger partial charge in [0.15, 0.2) is 0 Å². The summed E-state index contributed by atoms with van der Waals surface area (Å²) in [6, 6.07) is 5.36. The van der Waals surface area contributed by atoms with E-state index in [9.17, 15) is 18.0 Å². The molecule has 0 aromatic heterocycles. The fourth-order valence-electron chi connectivity index (χ4n) is 1.37. The zero-order valence-electron chi connectivity index (χ0n) is 11.2. The van der Waals surface area contributed by atoms with Crippen molar-refractivity contribution in [3.05, 3.63) is 29.8 Å². The fraction of sp³-hybridized carbons (Fsp3) is 0.286. The molecule has 112 valence electrons. The molecule has 0 aliphatic rings. The van der Waals surface area contributed by atoms with Crippen LogP contribution >= 0.6 is 0 Å². The van der Waals surface area contributed by atoms with E-state index < -0.39 is 18.0 Å². The summed E-state index contributed by atoms with van der Waals surface area (Å²) in [5.74, 6) is 0.274. The Morgan fingerprint density at radius 3 is 2.48 bits per heavy atom. The smallest absolute Gasteiger partial charge is 0.449 e. The average Bonchev–Trinajstić information content (AvgIpc) is 2.43. The number of ether oxygens (including phenoxy) is 1. The Kier molecular flexibility index (Phi) is 5.79. The van der Waals surface area contributed by atoms with Crippen molar-refractivity contribution in [3.8, 4) is 12.3 Å². The van der Waals surface area contributed by atoms with Crippen LogP contribution in [0.1, 0.15) is 17.3 Å². The quantitative estimate of drug-likeness (QED) is 0.402. The van der Waals surface area contributed by atoms with Crippen LogP contribution in [0.25, 0.3) is 0 Å². The van der Waals surface area contributed by atoms with E-state index in [4.69, 9.17) is 11.2 Å². The van der Waals surface area contributed by atoms with Crippen molar-refractivity contribution in [2.45, 2.75) is 13.1 Å². The maximum Gasteiger partial charge on any atom is 0.449 e. The lowest BCUT2D eigenvalue weighted by Gasteiger charge is -2.13. The van der Waals surface area contributed by atoms with E-state index in [0.717, 1.165) is 0 Å². The number of aliphatic imine (C=N–C) groups is 1. The minimum atomic E-state index is -4.64. The second kappa shape index (κ2) is 7.33. The molecular formula is C14H13F3N2O2. The highest BCUT2D eigenvalue weighted by Crippen LogP contribution is 2.20. The van der Waals surface area contributed by atoms with Gasteiger partial charge in [-0.3, -0.25) is 4.99 Å². The molecule has 0 unspecified atom stereocenters. The van der Waals surface area contributed by atoms with Gasteiger partial charge in [-0.05, 0) is 31.2 Å². The molecule has 0 heterocycles. The highest BCUT2D eigenvalue weighted by Gasteiger charge is 2.35. The van der Waals surface area contributed by atoms with Crippen molar-refractivity contribution in [2.24, 2.45) is 4.99 Å². The number of carbonyl (C=O) groups excluding carboxylic acids is 1. The summed E-state index contributed by atoms with van der Waals surface area (Å²) < 4.78 is 42.9. The SMILES string of the molecule is C#CCN=C(Nc1ccc(C(=O)OCC)cc1)C(F)(F)F. The molecule has 21 heavy (non-hydrogen) atoms. The third-order valence-electron chi connectivity index (χ3n) is 2.26. The van der Waals surface area contributed by atoms with Crippen molar-refractivity contribution >= 4 is 17.5 Å². The second-order valence-electron chi connectivity index (χ2n) is 3.79. The van der Waals surface area contributed by atoms with Gasteiger partial charge in [0.2, 0.25) is 5.84 Å². The Labute approximate surface area is 120 Å². The summed E-state index contributed by atoms with van der Waals surface area (Å²) >= 11 is 0. The number of hydrogen-bond acceptors (Lipinski definition) is 3. The molecule has 1 N–H and O–H groups in total. The molecule has 7 heteroatoms. The van der Waals surface area contributed by atoms with Gasteiger partial charge in [-0.2, -0.15) is 13.2 Å². The van der Waals surface area contributed by atoms with E-state index >= 15 is 0 Å². The Bertz CT molecular complexity index is 557. The summed E-state index contributed by atoms with van der Waals surface area (Å²) in [5.41, 5.74) is 0.382. The molecule has 0 fully saturated rings. The van der Waals surface area contributed by atoms with Gasteiger partial charge in [0.1, 0.15) is 6.54 Å². The van der Waals surface area contributed by atoms with Crippen LogP contribution < -0.4 is 5.32 Å². The first-order valence-corrected chi connectivity index (χ1v) is 5.97. The summed E-state index contributed by atoms with van der Waals surface area (Å²) in [6.45, 7) is 1.49. The van der Waals surface area contributed by atoms with Gasteiger partial charge in [-0.1, -0.05) is 5.92 Å². The Morgan fingerprint density at radius 1 is 1.38 bits per heavy atom. The molecule has 4 nitrogen and oxygen atoms in total. The monoisotopic (exact) mass is 298 g/mol. The first-order chi connectivity index (χ1) is 9.88. The number of hydrogen-bond donors (Lipinski definition) is 1. The molecule has 1 rings (SSSR count). The summed E-state index contributed by atoms with van der Waals surface area (Å²) in [7, 11) is 0. The first-order valence-electron chi connectivity index (χ1n) is 5.97. The largest absolute Gasteiger partial charge is 0.462 e. The average molecular weight is 298 g/mol. The lowest BCUT2D eigenvalue weighted by atomic mass is 10.2. The predicted octanol–water partition coefficient (Wildman–Crippen LogP) is 2.87. The van der Waals surface area contributed by atoms with Crippen molar-refractivity contribution in [1.82, 2.24) is 0 Å². The highest BCUT2D eigenvalue weighted by molar-refractivity contribution is 6.00. The molecule has 0 aliphatic carbocycles. The van der Waals surface area contributed by atoms with Gasteiger partial charge < -0.3 is 10.1 Å². The number of terminal acetylenes is 1. The number of nitrogens with one attached hydrogen (secondary N) is 1. The Morgan fingerprint density at radius 2 is 2.00 bits per heavy atom. The number of carbonyl (C=O) groups is 1. The van der Waals surface area contributed by atoms with Gasteiger partial charge in [-0.25, -0.2) is 4.79 Å². The molecule has 1 aromatic rings. The molecule has 0 spiro atoms. The molecule has 0 bridgehead atoms. The van der Waals surface area contributed by atoms with Gasteiger partial charge in [0, 0.05) is 5.69 Å². The van der Waals surface area contributed by atoms with Crippen LogP contribution in [-0.4, -0.2) is 31.1 Å². The zero-order valence-corrected chi connectivity index (χ0v) is 11.2. The predicted molar refractivity (Wildman–Crippen MR) is 73.2 cm³/mol. The summed E-state index contributed by atoms with van der Waals surface area (Å²) in [5, 5.41) is 2.13. The van der Waals surface area contributed by atoms with E-state index in [1.807, 2.05) is 5.92 Å². The minimum absolute atomic E-state index is 0.135. The van der Waals surface area contributed by atoms with Crippen LogP contribution in [-0.2, 0) is 4.74 Å². The molecule has 0 radical (unpaired) electrons. The number of rotatable bonds is 4. The number of esters is 1. The van der Waals surface area contributed by atoms with E-state index in [2.05, 4.69) is 10.3 Å². The normalized spacial score (nSPS) is 11.7. The van der Waals surface area contributed by atoms with Gasteiger partial charge in [0.25, 0.3) is 0 Å². The molecular weight excluding hydrogens is 285 g/mol. The minimum Gasteiger partial charge on any atom is -0.462 e. The van der Waals surface area contributed by atoms with E-state index in [-0.39, 0.29) is 24.4 Å². The fourth-order valence-corrected chi connectivity index (χ4v) is 1.37. The number of alkyl halides is 3. The van der Waals surface area contributed by atoms with Crippen LogP contribution in [0.5, 0.6) is 0 Å². The molecule has 0 aliphatic heterocycles. The lowest BCUT2D eigenvalue weighted by Crippen LogP contribution is -2.30. The summed E-state index contributed by atoms with van der Waals surface area (Å²) in [6.07, 6.45) is 0.249. The van der Waals surface area contributed by atoms with E-state index in [1.165, 1.54) is 24.3 Å². The maximum absolute atomic E-state index is 12.7. The number of amidine groups is 1. The van der Waals surface area contributed by atoms with Crippen molar-refractivity contribution in [2.75, 3.05) is 18.5 Å². The number of benzene rings is 1. The topological polar surface area (TPSA) is 50.7 Å². The van der Waals surface area contributed by atoms with Crippen molar-refractivity contribution in [1.29, 1.82) is 0 Å². The standard InChI is InChI=1S/C14H13F3N2O2/c1-3-9-18-13(14(15,16)17)19-11-7-5-10(6-8-11)12(20)21-4-2/h1,5-8H,4,9H2,2H3,(H,18,19). The summed E-state index contributed by atoms with van der Waals surface area (Å²) in [4.78, 5) is 14.7. The Hall–Kier alpha value is -2.49. The Balaban J connectivity index is 2.87. The second-order valence-corrected chi connectivity index (χ2v) is 3.79. The first kappa shape index (κ1) is 16.6. The molecule has 0 saturated carbocycles. The van der Waals surface area contributed by atoms with Gasteiger partial charge >= 0.3 is 12.1 Å². The van der Waals surface area contributed by atoms with Crippen LogP contribution in [0, 0.1) is 12.3 Å². The lowest BCUT2D eigenvalue weighted by molar-refractivity contribution is -0.0588. The van der Waals surface area contributed by atoms with Crippen LogP contribution in [0.4, 0.5) is 18.9 Å². The maximum atomic E-state index is 12.7. The third kappa shape index (κ3) is 5.18.